The van der Waals surface area contributed by atoms with Gasteiger partial charge in [-0.15, -0.1) is 0 Å². The molecule has 2 aromatic rings. The first kappa shape index (κ1) is 18.3. The summed E-state index contributed by atoms with van der Waals surface area (Å²) < 4.78 is 40.0. The average Bonchev–Trinajstić information content (AvgIpc) is 2.87. The number of ether oxygens (including phenoxy) is 2. The highest BCUT2D eigenvalue weighted by Crippen LogP contribution is 2.41. The SMILES string of the molecule is Cc1ccc(C)c(S(=O)(=O)N2CCc3cc4c(cc3[C@H]2C)OCCCO4)c1. The molecule has 0 amide bonds. The Hall–Kier alpha value is -2.05. The average molecular weight is 388 g/mol. The largest absolute Gasteiger partial charge is 0.490 e. The predicted molar refractivity (Wildman–Crippen MR) is 104 cm³/mol. The lowest BCUT2D eigenvalue weighted by molar-refractivity contribution is 0.296. The highest BCUT2D eigenvalue weighted by molar-refractivity contribution is 7.89. The fraction of sp³-hybridized carbons (Fsp3) is 0.429. The van der Waals surface area contributed by atoms with Crippen molar-refractivity contribution < 1.29 is 17.9 Å². The molecule has 27 heavy (non-hydrogen) atoms. The second-order valence-electron chi connectivity index (χ2n) is 7.36. The van der Waals surface area contributed by atoms with Gasteiger partial charge in [-0.2, -0.15) is 4.31 Å². The molecule has 6 heteroatoms. The van der Waals surface area contributed by atoms with Gasteiger partial charge in [-0.3, -0.25) is 0 Å². The molecule has 144 valence electrons. The number of sulfonamides is 1. The lowest BCUT2D eigenvalue weighted by Gasteiger charge is -2.35. The van der Waals surface area contributed by atoms with Crippen molar-refractivity contribution in [3.8, 4) is 11.5 Å². The molecule has 2 aromatic carbocycles. The molecule has 2 aliphatic heterocycles. The van der Waals surface area contributed by atoms with E-state index in [-0.39, 0.29) is 6.04 Å². The predicted octanol–water partition coefficient (Wildman–Crippen LogP) is 3.77. The Morgan fingerprint density at radius 1 is 1.04 bits per heavy atom. The fourth-order valence-electron chi connectivity index (χ4n) is 3.89. The zero-order chi connectivity index (χ0) is 19.2. The van der Waals surface area contributed by atoms with E-state index in [1.807, 2.05) is 45.0 Å². The van der Waals surface area contributed by atoms with E-state index in [0.29, 0.717) is 36.8 Å². The van der Waals surface area contributed by atoms with Crippen LogP contribution in [0.5, 0.6) is 11.5 Å². The number of rotatable bonds is 2. The van der Waals surface area contributed by atoms with Crippen LogP contribution in [-0.4, -0.2) is 32.5 Å². The van der Waals surface area contributed by atoms with Crippen LogP contribution >= 0.6 is 0 Å². The third kappa shape index (κ3) is 3.21. The molecule has 0 unspecified atom stereocenters. The van der Waals surface area contributed by atoms with E-state index in [2.05, 4.69) is 0 Å². The maximum Gasteiger partial charge on any atom is 0.243 e. The fourth-order valence-corrected chi connectivity index (χ4v) is 5.82. The summed E-state index contributed by atoms with van der Waals surface area (Å²) in [4.78, 5) is 0.396. The van der Waals surface area contributed by atoms with Gasteiger partial charge in [0.1, 0.15) is 0 Å². The third-order valence-corrected chi connectivity index (χ3v) is 7.54. The summed E-state index contributed by atoms with van der Waals surface area (Å²) in [7, 11) is -3.57. The van der Waals surface area contributed by atoms with Crippen LogP contribution in [0.1, 0.15) is 41.6 Å². The molecule has 0 radical (unpaired) electrons. The number of aryl methyl sites for hydroxylation is 2. The molecule has 0 bridgehead atoms. The zero-order valence-corrected chi connectivity index (χ0v) is 16.8. The lowest BCUT2D eigenvalue weighted by atomic mass is 9.94. The van der Waals surface area contributed by atoms with Crippen molar-refractivity contribution in [2.24, 2.45) is 0 Å². The minimum Gasteiger partial charge on any atom is -0.490 e. The number of nitrogens with zero attached hydrogens (tertiary/aromatic N) is 1. The standard InChI is InChI=1S/C21H25NO4S/c1-14-5-6-15(2)21(11-14)27(23,24)22-8-7-17-12-19-20(13-18(17)16(22)3)26-10-4-9-25-19/h5-6,11-13,16H,4,7-10H2,1-3H3/t16-/m1/s1. The van der Waals surface area contributed by atoms with Crippen LogP contribution in [0, 0.1) is 13.8 Å². The Labute approximate surface area is 161 Å². The van der Waals surface area contributed by atoms with E-state index >= 15 is 0 Å². The second-order valence-corrected chi connectivity index (χ2v) is 9.22. The first-order valence-electron chi connectivity index (χ1n) is 9.39. The lowest BCUT2D eigenvalue weighted by Crippen LogP contribution is -2.39. The molecule has 0 aliphatic carbocycles. The monoisotopic (exact) mass is 387 g/mol. The van der Waals surface area contributed by atoms with Gasteiger partial charge in [-0.25, -0.2) is 8.42 Å². The Kier molecular flexibility index (Phi) is 4.64. The first-order chi connectivity index (χ1) is 12.9. The number of benzene rings is 2. The Balaban J connectivity index is 1.74. The highest BCUT2D eigenvalue weighted by atomic mass is 32.2. The quantitative estimate of drug-likeness (QED) is 0.787. The minimum atomic E-state index is -3.57. The molecule has 5 nitrogen and oxygen atoms in total. The van der Waals surface area contributed by atoms with Crippen molar-refractivity contribution in [1.29, 1.82) is 0 Å². The van der Waals surface area contributed by atoms with Crippen LogP contribution in [0.25, 0.3) is 0 Å². The topological polar surface area (TPSA) is 55.8 Å². The maximum atomic E-state index is 13.4. The van der Waals surface area contributed by atoms with Gasteiger partial charge in [-0.05, 0) is 67.6 Å². The van der Waals surface area contributed by atoms with Gasteiger partial charge >= 0.3 is 0 Å². The van der Waals surface area contributed by atoms with Crippen LogP contribution < -0.4 is 9.47 Å². The Morgan fingerprint density at radius 2 is 1.74 bits per heavy atom. The number of hydrogen-bond donors (Lipinski definition) is 0. The summed E-state index contributed by atoms with van der Waals surface area (Å²) in [6.07, 6.45) is 1.52. The van der Waals surface area contributed by atoms with Gasteiger partial charge in [0.2, 0.25) is 10.0 Å². The molecule has 4 rings (SSSR count). The molecule has 0 fully saturated rings. The molecular formula is C21H25NO4S. The molecule has 0 saturated heterocycles. The van der Waals surface area contributed by atoms with Crippen molar-refractivity contribution in [2.75, 3.05) is 19.8 Å². The van der Waals surface area contributed by atoms with Gasteiger partial charge in [0.25, 0.3) is 0 Å². The number of fused-ring (bicyclic) bond motifs is 2. The summed E-state index contributed by atoms with van der Waals surface area (Å²) >= 11 is 0. The van der Waals surface area contributed by atoms with Crippen LogP contribution in [0.2, 0.25) is 0 Å². The van der Waals surface area contributed by atoms with Crippen molar-refractivity contribution in [1.82, 2.24) is 4.31 Å². The molecule has 2 aliphatic rings. The van der Waals surface area contributed by atoms with Crippen molar-refractivity contribution >= 4 is 10.0 Å². The van der Waals surface area contributed by atoms with E-state index in [9.17, 15) is 8.42 Å². The Bertz CT molecular complexity index is 984. The highest BCUT2D eigenvalue weighted by Gasteiger charge is 2.35. The van der Waals surface area contributed by atoms with E-state index in [1.54, 1.807) is 10.4 Å². The van der Waals surface area contributed by atoms with E-state index in [0.717, 1.165) is 34.4 Å². The smallest absolute Gasteiger partial charge is 0.243 e. The summed E-state index contributed by atoms with van der Waals surface area (Å²) in [5.41, 5.74) is 3.86. The molecule has 0 N–H and O–H groups in total. The van der Waals surface area contributed by atoms with Crippen molar-refractivity contribution in [2.45, 2.75) is 44.6 Å². The van der Waals surface area contributed by atoms with E-state index in [4.69, 9.17) is 9.47 Å². The Morgan fingerprint density at radius 3 is 2.48 bits per heavy atom. The number of hydrogen-bond acceptors (Lipinski definition) is 4. The molecular weight excluding hydrogens is 362 g/mol. The summed E-state index contributed by atoms with van der Waals surface area (Å²) in [6.45, 7) is 7.44. The van der Waals surface area contributed by atoms with Gasteiger partial charge in [0.05, 0.1) is 18.1 Å². The van der Waals surface area contributed by atoms with Crippen LogP contribution in [0.15, 0.2) is 35.2 Å². The van der Waals surface area contributed by atoms with Gasteiger partial charge in [-0.1, -0.05) is 12.1 Å². The van der Waals surface area contributed by atoms with Crippen molar-refractivity contribution in [3.05, 3.63) is 52.6 Å². The van der Waals surface area contributed by atoms with Crippen LogP contribution in [0.4, 0.5) is 0 Å². The van der Waals surface area contributed by atoms with Gasteiger partial charge in [0, 0.05) is 19.0 Å². The molecule has 1 atom stereocenters. The zero-order valence-electron chi connectivity index (χ0n) is 16.0. The van der Waals surface area contributed by atoms with Crippen LogP contribution in [0.3, 0.4) is 0 Å². The van der Waals surface area contributed by atoms with Crippen LogP contribution in [-0.2, 0) is 16.4 Å². The normalized spacial score (nSPS) is 20.0. The first-order valence-corrected chi connectivity index (χ1v) is 10.8. The second kappa shape index (κ2) is 6.84. The van der Waals surface area contributed by atoms with E-state index < -0.39 is 10.0 Å². The maximum absolute atomic E-state index is 13.4. The minimum absolute atomic E-state index is 0.254. The van der Waals surface area contributed by atoms with Crippen molar-refractivity contribution in [3.63, 3.8) is 0 Å². The molecule has 0 saturated carbocycles. The molecule has 0 aromatic heterocycles. The van der Waals surface area contributed by atoms with E-state index in [1.165, 1.54) is 0 Å². The van der Waals surface area contributed by atoms with Gasteiger partial charge in [0.15, 0.2) is 11.5 Å². The summed E-state index contributed by atoms with van der Waals surface area (Å²) in [5, 5.41) is 0. The summed E-state index contributed by atoms with van der Waals surface area (Å²) in [5.74, 6) is 1.48. The third-order valence-electron chi connectivity index (χ3n) is 5.42. The molecule has 0 spiro atoms. The molecule has 2 heterocycles. The van der Waals surface area contributed by atoms with Gasteiger partial charge < -0.3 is 9.47 Å². The summed E-state index contributed by atoms with van der Waals surface area (Å²) in [6, 6.07) is 9.31.